The van der Waals surface area contributed by atoms with E-state index in [1.807, 2.05) is 20.8 Å². The normalized spacial score (nSPS) is 24.2. The number of likely N-dealkylation sites (tertiary alicyclic amines) is 1. The predicted molar refractivity (Wildman–Crippen MR) is 67.6 cm³/mol. The van der Waals surface area contributed by atoms with Gasteiger partial charge < -0.3 is 19.8 Å². The van der Waals surface area contributed by atoms with Gasteiger partial charge in [-0.05, 0) is 20.8 Å². The minimum absolute atomic E-state index is 0.0487. The van der Waals surface area contributed by atoms with Gasteiger partial charge in [0.15, 0.2) is 0 Å². The van der Waals surface area contributed by atoms with Crippen molar-refractivity contribution in [3.63, 3.8) is 0 Å². The van der Waals surface area contributed by atoms with Crippen molar-refractivity contribution in [3.05, 3.63) is 0 Å². The molecule has 1 amide bonds. The van der Waals surface area contributed by atoms with Gasteiger partial charge in [-0.3, -0.25) is 0 Å². The lowest BCUT2D eigenvalue weighted by Crippen LogP contribution is -2.63. The van der Waals surface area contributed by atoms with Crippen LogP contribution in [0, 0.1) is 5.41 Å². The Balaban J connectivity index is 1.93. The van der Waals surface area contributed by atoms with Gasteiger partial charge in [-0.25, -0.2) is 4.79 Å². The summed E-state index contributed by atoms with van der Waals surface area (Å²) in [5.41, 5.74) is 0.495. The van der Waals surface area contributed by atoms with Crippen molar-refractivity contribution in [2.24, 2.45) is 10.6 Å². The summed E-state index contributed by atoms with van der Waals surface area (Å²) in [4.78, 5) is 18.4. The minimum Gasteiger partial charge on any atom is -0.444 e. The maximum atomic E-state index is 11.9. The number of nitrogens with one attached hydrogen (secondary N) is 1. The van der Waals surface area contributed by atoms with Crippen LogP contribution in [0.4, 0.5) is 4.79 Å². The first-order valence-corrected chi connectivity index (χ1v) is 6.15. The highest BCUT2D eigenvalue weighted by Crippen LogP contribution is 2.35. The van der Waals surface area contributed by atoms with Crippen molar-refractivity contribution in [2.75, 3.05) is 33.3 Å². The van der Waals surface area contributed by atoms with Gasteiger partial charge in [0.05, 0.1) is 11.1 Å². The molecular formula is C12H21N3O3. The van der Waals surface area contributed by atoms with E-state index < -0.39 is 5.60 Å². The first-order chi connectivity index (χ1) is 8.36. The molecule has 18 heavy (non-hydrogen) atoms. The highest BCUT2D eigenvalue weighted by molar-refractivity contribution is 5.96. The third-order valence-corrected chi connectivity index (χ3v) is 3.21. The van der Waals surface area contributed by atoms with Gasteiger partial charge in [-0.1, -0.05) is 5.16 Å². The second kappa shape index (κ2) is 4.42. The standard InChI is InChI=1S/C12H21N3O3/c1-11(2,3)18-10(16)15-7-12(8-15)6-13-5-9(12)14-17-4/h13H,5-8H2,1-4H3/b14-9+. The van der Waals surface area contributed by atoms with Crippen molar-refractivity contribution in [3.8, 4) is 0 Å². The summed E-state index contributed by atoms with van der Waals surface area (Å²) in [5, 5.41) is 7.31. The Hall–Kier alpha value is -1.30. The largest absolute Gasteiger partial charge is 0.444 e. The molecule has 0 aromatic rings. The van der Waals surface area contributed by atoms with Crippen LogP contribution < -0.4 is 5.32 Å². The van der Waals surface area contributed by atoms with Gasteiger partial charge in [0.1, 0.15) is 12.7 Å². The van der Waals surface area contributed by atoms with Gasteiger partial charge in [0.25, 0.3) is 0 Å². The molecule has 6 heteroatoms. The second-order valence-electron chi connectivity index (χ2n) is 5.94. The Morgan fingerprint density at radius 1 is 1.44 bits per heavy atom. The molecule has 0 atom stereocenters. The first-order valence-electron chi connectivity index (χ1n) is 6.15. The molecule has 2 saturated heterocycles. The molecule has 0 unspecified atom stereocenters. The molecule has 0 aromatic carbocycles. The Bertz CT molecular complexity index is 367. The Morgan fingerprint density at radius 3 is 2.67 bits per heavy atom. The van der Waals surface area contributed by atoms with E-state index in [1.54, 1.807) is 12.0 Å². The lowest BCUT2D eigenvalue weighted by Gasteiger charge is -2.47. The summed E-state index contributed by atoms with van der Waals surface area (Å²) < 4.78 is 5.34. The van der Waals surface area contributed by atoms with E-state index in [0.717, 1.165) is 18.8 Å². The summed E-state index contributed by atoms with van der Waals surface area (Å²) in [6, 6.07) is 0. The maximum absolute atomic E-state index is 11.9. The molecule has 2 fully saturated rings. The predicted octanol–water partition coefficient (Wildman–Crippen LogP) is 0.829. The molecule has 1 N–H and O–H groups in total. The van der Waals surface area contributed by atoms with Crippen LogP contribution >= 0.6 is 0 Å². The number of oxime groups is 1. The van der Waals surface area contributed by atoms with E-state index in [4.69, 9.17) is 9.57 Å². The molecule has 0 aromatic heterocycles. The average molecular weight is 255 g/mol. The van der Waals surface area contributed by atoms with E-state index in [1.165, 1.54) is 0 Å². The van der Waals surface area contributed by atoms with Gasteiger partial charge in [-0.2, -0.15) is 0 Å². The molecule has 0 aliphatic carbocycles. The van der Waals surface area contributed by atoms with E-state index in [9.17, 15) is 4.79 Å². The first kappa shape index (κ1) is 13.1. The van der Waals surface area contributed by atoms with Crippen LogP contribution in [0.3, 0.4) is 0 Å². The van der Waals surface area contributed by atoms with Crippen LogP contribution in [-0.2, 0) is 9.57 Å². The van der Waals surface area contributed by atoms with Gasteiger partial charge in [0.2, 0.25) is 0 Å². The summed E-state index contributed by atoms with van der Waals surface area (Å²) in [6.45, 7) is 8.48. The summed E-state index contributed by atoms with van der Waals surface area (Å²) in [7, 11) is 1.54. The smallest absolute Gasteiger partial charge is 0.410 e. The molecule has 0 radical (unpaired) electrons. The van der Waals surface area contributed by atoms with Crippen LogP contribution in [0.2, 0.25) is 0 Å². The lowest BCUT2D eigenvalue weighted by molar-refractivity contribution is -0.0108. The number of carbonyl (C=O) groups excluding carboxylic acids is 1. The quantitative estimate of drug-likeness (QED) is 0.705. The fraction of sp³-hybridized carbons (Fsp3) is 0.833. The molecule has 1 spiro atoms. The molecule has 2 aliphatic heterocycles. The van der Waals surface area contributed by atoms with Gasteiger partial charge in [-0.15, -0.1) is 0 Å². The minimum atomic E-state index is -0.447. The monoisotopic (exact) mass is 255 g/mol. The van der Waals surface area contributed by atoms with Crippen LogP contribution in [0.15, 0.2) is 5.16 Å². The van der Waals surface area contributed by atoms with Crippen LogP contribution in [0.5, 0.6) is 0 Å². The number of carbonyl (C=O) groups is 1. The summed E-state index contributed by atoms with van der Waals surface area (Å²) >= 11 is 0. The Morgan fingerprint density at radius 2 is 2.11 bits per heavy atom. The number of amides is 1. The molecule has 0 bridgehead atoms. The second-order valence-corrected chi connectivity index (χ2v) is 5.94. The molecule has 2 rings (SSSR count). The van der Waals surface area contributed by atoms with Crippen molar-refractivity contribution in [1.29, 1.82) is 0 Å². The zero-order chi connectivity index (χ0) is 13.4. The third kappa shape index (κ3) is 2.43. The van der Waals surface area contributed by atoms with Gasteiger partial charge >= 0.3 is 6.09 Å². The van der Waals surface area contributed by atoms with E-state index in [2.05, 4.69) is 10.5 Å². The van der Waals surface area contributed by atoms with Crippen LogP contribution in [-0.4, -0.2) is 55.6 Å². The van der Waals surface area contributed by atoms with Crippen LogP contribution in [0.1, 0.15) is 20.8 Å². The maximum Gasteiger partial charge on any atom is 0.410 e. The SMILES string of the molecule is CO/N=C1\CNCC12CN(C(=O)OC(C)(C)C)C2. The van der Waals surface area contributed by atoms with E-state index >= 15 is 0 Å². The fourth-order valence-corrected chi connectivity index (χ4v) is 2.38. The number of hydrogen-bond acceptors (Lipinski definition) is 5. The third-order valence-electron chi connectivity index (χ3n) is 3.21. The Labute approximate surface area is 107 Å². The number of nitrogens with zero attached hydrogens (tertiary/aromatic N) is 2. The van der Waals surface area contributed by atoms with Crippen molar-refractivity contribution < 1.29 is 14.4 Å². The molecule has 0 saturated carbocycles. The van der Waals surface area contributed by atoms with E-state index in [-0.39, 0.29) is 11.5 Å². The highest BCUT2D eigenvalue weighted by atomic mass is 16.6. The van der Waals surface area contributed by atoms with Crippen molar-refractivity contribution in [2.45, 2.75) is 26.4 Å². The fourth-order valence-electron chi connectivity index (χ4n) is 2.38. The summed E-state index contributed by atoms with van der Waals surface area (Å²) in [5.74, 6) is 0. The number of ether oxygens (including phenoxy) is 1. The molecule has 2 heterocycles. The topological polar surface area (TPSA) is 63.2 Å². The molecule has 102 valence electrons. The highest BCUT2D eigenvalue weighted by Gasteiger charge is 2.52. The Kier molecular flexibility index (Phi) is 3.23. The zero-order valence-electron chi connectivity index (χ0n) is 11.4. The number of hydrogen-bond donors (Lipinski definition) is 1. The average Bonchev–Trinajstić information content (AvgIpc) is 2.56. The molecule has 6 nitrogen and oxygen atoms in total. The number of rotatable bonds is 1. The van der Waals surface area contributed by atoms with E-state index in [0.29, 0.717) is 13.1 Å². The van der Waals surface area contributed by atoms with Crippen molar-refractivity contribution in [1.82, 2.24) is 10.2 Å². The lowest BCUT2D eigenvalue weighted by atomic mass is 9.78. The summed E-state index contributed by atoms with van der Waals surface area (Å²) in [6.07, 6.45) is -0.253. The zero-order valence-corrected chi connectivity index (χ0v) is 11.4. The molecule has 2 aliphatic rings. The van der Waals surface area contributed by atoms with Crippen LogP contribution in [0.25, 0.3) is 0 Å². The van der Waals surface area contributed by atoms with Crippen molar-refractivity contribution >= 4 is 11.8 Å². The van der Waals surface area contributed by atoms with Gasteiger partial charge in [0, 0.05) is 26.2 Å². The molecular weight excluding hydrogens is 234 g/mol.